The van der Waals surface area contributed by atoms with Crippen molar-refractivity contribution >= 4 is 15.9 Å². The number of nitrogens with one attached hydrogen (secondary N) is 1. The maximum atomic E-state index is 5.69. The van der Waals surface area contributed by atoms with Crippen molar-refractivity contribution in [2.45, 2.75) is 38.1 Å². The van der Waals surface area contributed by atoms with E-state index in [0.29, 0.717) is 5.54 Å². The molecule has 1 aliphatic rings. The van der Waals surface area contributed by atoms with Gasteiger partial charge in [0, 0.05) is 16.6 Å². The number of rotatable bonds is 6. The number of halogens is 1. The Bertz CT molecular complexity index is 340. The number of hydrogen-bond acceptors (Lipinski definition) is 2. The standard InChI is InChI=1S/C14H20BrNO/c1-2-14(8-3-9-14)16-10-11-17-13-6-4-12(15)5-7-13/h4-7,16H,2-3,8-11H2,1H3. The van der Waals surface area contributed by atoms with E-state index in [9.17, 15) is 0 Å². The Balaban J connectivity index is 1.67. The Labute approximate surface area is 112 Å². The lowest BCUT2D eigenvalue weighted by Gasteiger charge is -2.42. The summed E-state index contributed by atoms with van der Waals surface area (Å²) >= 11 is 3.41. The van der Waals surface area contributed by atoms with Crippen LogP contribution in [0.15, 0.2) is 28.7 Å². The van der Waals surface area contributed by atoms with Crippen LogP contribution >= 0.6 is 15.9 Å². The van der Waals surface area contributed by atoms with E-state index in [1.165, 1.54) is 25.7 Å². The minimum atomic E-state index is 0.420. The molecule has 0 heterocycles. The zero-order valence-electron chi connectivity index (χ0n) is 10.3. The predicted molar refractivity (Wildman–Crippen MR) is 74.5 cm³/mol. The monoisotopic (exact) mass is 297 g/mol. The van der Waals surface area contributed by atoms with Crippen molar-refractivity contribution in [1.82, 2.24) is 5.32 Å². The highest BCUT2D eigenvalue weighted by atomic mass is 79.9. The van der Waals surface area contributed by atoms with Crippen LogP contribution in [0.3, 0.4) is 0 Å². The predicted octanol–water partition coefficient (Wildman–Crippen LogP) is 3.75. The third-order valence-electron chi connectivity index (χ3n) is 3.67. The van der Waals surface area contributed by atoms with Crippen LogP contribution in [0.4, 0.5) is 0 Å². The summed E-state index contributed by atoms with van der Waals surface area (Å²) in [6.07, 6.45) is 5.24. The highest BCUT2D eigenvalue weighted by Gasteiger charge is 2.33. The molecule has 0 saturated heterocycles. The molecule has 0 aromatic heterocycles. The van der Waals surface area contributed by atoms with E-state index in [-0.39, 0.29) is 0 Å². The highest BCUT2D eigenvalue weighted by molar-refractivity contribution is 9.10. The van der Waals surface area contributed by atoms with E-state index >= 15 is 0 Å². The summed E-state index contributed by atoms with van der Waals surface area (Å²) in [5, 5.41) is 3.63. The second-order valence-electron chi connectivity index (χ2n) is 4.72. The molecule has 2 nitrogen and oxygen atoms in total. The van der Waals surface area contributed by atoms with Gasteiger partial charge < -0.3 is 10.1 Å². The molecule has 1 aromatic carbocycles. The third kappa shape index (κ3) is 3.46. The van der Waals surface area contributed by atoms with Gasteiger partial charge in [0.25, 0.3) is 0 Å². The molecule has 1 aliphatic carbocycles. The Morgan fingerprint density at radius 3 is 2.53 bits per heavy atom. The van der Waals surface area contributed by atoms with Crippen LogP contribution in [-0.2, 0) is 0 Å². The first-order chi connectivity index (χ1) is 8.24. The molecule has 94 valence electrons. The SMILES string of the molecule is CCC1(NCCOc2ccc(Br)cc2)CCC1. The van der Waals surface area contributed by atoms with Gasteiger partial charge in [-0.05, 0) is 49.9 Å². The number of ether oxygens (including phenoxy) is 1. The van der Waals surface area contributed by atoms with Crippen molar-refractivity contribution < 1.29 is 4.74 Å². The van der Waals surface area contributed by atoms with Gasteiger partial charge in [0.1, 0.15) is 12.4 Å². The molecule has 0 atom stereocenters. The molecular formula is C14H20BrNO. The van der Waals surface area contributed by atoms with Crippen LogP contribution in [0.5, 0.6) is 5.75 Å². The molecule has 17 heavy (non-hydrogen) atoms. The number of hydrogen-bond donors (Lipinski definition) is 1. The topological polar surface area (TPSA) is 21.3 Å². The second kappa shape index (κ2) is 5.87. The summed E-state index contributed by atoms with van der Waals surface area (Å²) in [6, 6.07) is 7.98. The molecule has 1 N–H and O–H groups in total. The first kappa shape index (κ1) is 12.9. The van der Waals surface area contributed by atoms with Crippen LogP contribution in [0.25, 0.3) is 0 Å². The van der Waals surface area contributed by atoms with Gasteiger partial charge in [0.15, 0.2) is 0 Å². The first-order valence-electron chi connectivity index (χ1n) is 6.37. The van der Waals surface area contributed by atoms with Crippen LogP contribution in [0.2, 0.25) is 0 Å². The van der Waals surface area contributed by atoms with Gasteiger partial charge in [0.2, 0.25) is 0 Å². The summed E-state index contributed by atoms with van der Waals surface area (Å²) in [4.78, 5) is 0. The molecular weight excluding hydrogens is 278 g/mol. The molecule has 2 rings (SSSR count). The maximum Gasteiger partial charge on any atom is 0.119 e. The van der Waals surface area contributed by atoms with E-state index in [0.717, 1.165) is 23.4 Å². The van der Waals surface area contributed by atoms with Gasteiger partial charge in [-0.25, -0.2) is 0 Å². The molecule has 3 heteroatoms. The molecule has 1 saturated carbocycles. The Kier molecular flexibility index (Phi) is 4.46. The van der Waals surface area contributed by atoms with Gasteiger partial charge in [-0.1, -0.05) is 22.9 Å². The van der Waals surface area contributed by atoms with E-state index in [1.54, 1.807) is 0 Å². The van der Waals surface area contributed by atoms with Crippen molar-refractivity contribution in [3.8, 4) is 5.75 Å². The number of benzene rings is 1. The fourth-order valence-corrected chi connectivity index (χ4v) is 2.54. The Morgan fingerprint density at radius 1 is 1.29 bits per heavy atom. The molecule has 0 radical (unpaired) electrons. The van der Waals surface area contributed by atoms with Gasteiger partial charge in [-0.3, -0.25) is 0 Å². The molecule has 1 fully saturated rings. The fraction of sp³-hybridized carbons (Fsp3) is 0.571. The average Bonchev–Trinajstić information content (AvgIpc) is 2.30. The van der Waals surface area contributed by atoms with Crippen molar-refractivity contribution in [2.24, 2.45) is 0 Å². The zero-order chi connectivity index (χ0) is 12.1. The van der Waals surface area contributed by atoms with Crippen LogP contribution in [-0.4, -0.2) is 18.7 Å². The Morgan fingerprint density at radius 2 is 2.00 bits per heavy atom. The summed E-state index contributed by atoms with van der Waals surface area (Å²) in [6.45, 7) is 3.94. The minimum absolute atomic E-state index is 0.420. The smallest absolute Gasteiger partial charge is 0.119 e. The quantitative estimate of drug-likeness (QED) is 0.808. The van der Waals surface area contributed by atoms with Crippen molar-refractivity contribution in [2.75, 3.05) is 13.2 Å². The summed E-state index contributed by atoms with van der Waals surface area (Å²) < 4.78 is 6.77. The van der Waals surface area contributed by atoms with Gasteiger partial charge >= 0.3 is 0 Å². The normalized spacial score (nSPS) is 17.5. The summed E-state index contributed by atoms with van der Waals surface area (Å²) in [5.41, 5.74) is 0.420. The third-order valence-corrected chi connectivity index (χ3v) is 4.20. The van der Waals surface area contributed by atoms with Crippen LogP contribution in [0.1, 0.15) is 32.6 Å². The highest BCUT2D eigenvalue weighted by Crippen LogP contribution is 2.34. The summed E-state index contributed by atoms with van der Waals surface area (Å²) in [5.74, 6) is 0.939. The lowest BCUT2D eigenvalue weighted by atomic mass is 9.75. The first-order valence-corrected chi connectivity index (χ1v) is 7.17. The lowest BCUT2D eigenvalue weighted by molar-refractivity contribution is 0.165. The second-order valence-corrected chi connectivity index (χ2v) is 5.63. The molecule has 0 aliphatic heterocycles. The average molecular weight is 298 g/mol. The largest absolute Gasteiger partial charge is 0.492 e. The van der Waals surface area contributed by atoms with E-state index in [2.05, 4.69) is 28.2 Å². The maximum absolute atomic E-state index is 5.69. The van der Waals surface area contributed by atoms with Gasteiger partial charge in [-0.15, -0.1) is 0 Å². The Hall–Kier alpha value is -0.540. The fourth-order valence-electron chi connectivity index (χ4n) is 2.27. The molecule has 0 unspecified atom stereocenters. The molecule has 0 bridgehead atoms. The van der Waals surface area contributed by atoms with E-state index < -0.39 is 0 Å². The van der Waals surface area contributed by atoms with Crippen molar-refractivity contribution in [1.29, 1.82) is 0 Å². The van der Waals surface area contributed by atoms with Crippen LogP contribution in [0, 0.1) is 0 Å². The molecule has 0 amide bonds. The summed E-state index contributed by atoms with van der Waals surface area (Å²) in [7, 11) is 0. The zero-order valence-corrected chi connectivity index (χ0v) is 11.9. The van der Waals surface area contributed by atoms with Gasteiger partial charge in [-0.2, -0.15) is 0 Å². The van der Waals surface area contributed by atoms with Crippen LogP contribution < -0.4 is 10.1 Å². The lowest BCUT2D eigenvalue weighted by Crippen LogP contribution is -2.51. The van der Waals surface area contributed by atoms with Crippen molar-refractivity contribution in [3.63, 3.8) is 0 Å². The molecule has 1 aromatic rings. The molecule has 0 spiro atoms. The van der Waals surface area contributed by atoms with Crippen molar-refractivity contribution in [3.05, 3.63) is 28.7 Å². The van der Waals surface area contributed by atoms with Gasteiger partial charge in [0.05, 0.1) is 0 Å². The van der Waals surface area contributed by atoms with E-state index in [1.807, 2.05) is 24.3 Å². The minimum Gasteiger partial charge on any atom is -0.492 e. The van der Waals surface area contributed by atoms with E-state index in [4.69, 9.17) is 4.74 Å².